The van der Waals surface area contributed by atoms with E-state index >= 15 is 0 Å². The SMILES string of the molecule is C#Cc1cccc(NC(=O)c2cccc(S(=O)(=O)NCC3CC3)c2)c1. The van der Waals surface area contributed by atoms with Gasteiger partial charge in [-0.15, -0.1) is 6.42 Å². The van der Waals surface area contributed by atoms with Crippen molar-refractivity contribution >= 4 is 21.6 Å². The molecule has 6 heteroatoms. The smallest absolute Gasteiger partial charge is 0.255 e. The second-order valence-electron chi connectivity index (χ2n) is 6.00. The molecule has 25 heavy (non-hydrogen) atoms. The van der Waals surface area contributed by atoms with E-state index in [1.54, 1.807) is 36.4 Å². The van der Waals surface area contributed by atoms with E-state index in [0.29, 0.717) is 23.7 Å². The van der Waals surface area contributed by atoms with E-state index in [1.165, 1.54) is 12.1 Å². The van der Waals surface area contributed by atoms with Gasteiger partial charge in [0, 0.05) is 23.4 Å². The normalized spacial score (nSPS) is 13.9. The number of rotatable bonds is 6. The number of sulfonamides is 1. The van der Waals surface area contributed by atoms with E-state index in [-0.39, 0.29) is 10.5 Å². The Morgan fingerprint density at radius 1 is 1.16 bits per heavy atom. The molecule has 2 N–H and O–H groups in total. The summed E-state index contributed by atoms with van der Waals surface area (Å²) in [6, 6.07) is 12.9. The van der Waals surface area contributed by atoms with E-state index in [1.807, 2.05) is 0 Å². The first-order valence-electron chi connectivity index (χ1n) is 7.96. The van der Waals surface area contributed by atoms with Crippen LogP contribution < -0.4 is 10.0 Å². The molecule has 1 aliphatic carbocycles. The molecule has 0 aliphatic heterocycles. The van der Waals surface area contributed by atoms with Gasteiger partial charge in [-0.2, -0.15) is 0 Å². The zero-order valence-electron chi connectivity index (χ0n) is 13.5. The molecule has 2 aromatic carbocycles. The Morgan fingerprint density at radius 3 is 2.64 bits per heavy atom. The summed E-state index contributed by atoms with van der Waals surface area (Å²) in [7, 11) is -3.61. The Kier molecular flexibility index (Phi) is 4.88. The van der Waals surface area contributed by atoms with E-state index in [9.17, 15) is 13.2 Å². The zero-order valence-corrected chi connectivity index (χ0v) is 14.3. The maximum Gasteiger partial charge on any atom is 0.255 e. The highest BCUT2D eigenvalue weighted by molar-refractivity contribution is 7.89. The number of hydrogen-bond donors (Lipinski definition) is 2. The van der Waals surface area contributed by atoms with Gasteiger partial charge >= 0.3 is 0 Å². The van der Waals surface area contributed by atoms with Crippen LogP contribution in [-0.2, 0) is 10.0 Å². The van der Waals surface area contributed by atoms with Crippen LogP contribution in [0.1, 0.15) is 28.8 Å². The summed E-state index contributed by atoms with van der Waals surface area (Å²) >= 11 is 0. The first-order valence-corrected chi connectivity index (χ1v) is 9.44. The highest BCUT2D eigenvalue weighted by atomic mass is 32.2. The lowest BCUT2D eigenvalue weighted by molar-refractivity contribution is 0.102. The van der Waals surface area contributed by atoms with Crippen molar-refractivity contribution in [2.24, 2.45) is 5.92 Å². The third kappa shape index (κ3) is 4.47. The van der Waals surface area contributed by atoms with Crippen molar-refractivity contribution in [2.75, 3.05) is 11.9 Å². The minimum atomic E-state index is -3.61. The Labute approximate surface area is 147 Å². The van der Waals surface area contributed by atoms with Crippen LogP contribution >= 0.6 is 0 Å². The summed E-state index contributed by atoms with van der Waals surface area (Å²) in [5.74, 6) is 2.54. The number of carbonyl (C=O) groups is 1. The second kappa shape index (κ2) is 7.09. The van der Waals surface area contributed by atoms with Gasteiger partial charge in [0.25, 0.3) is 5.91 Å². The summed E-state index contributed by atoms with van der Waals surface area (Å²) in [6.45, 7) is 0.442. The van der Waals surface area contributed by atoms with Gasteiger partial charge in [0.15, 0.2) is 0 Å². The largest absolute Gasteiger partial charge is 0.322 e. The molecular formula is C19H18N2O3S. The van der Waals surface area contributed by atoms with Gasteiger partial charge in [-0.1, -0.05) is 18.1 Å². The molecule has 128 valence electrons. The monoisotopic (exact) mass is 354 g/mol. The lowest BCUT2D eigenvalue weighted by Gasteiger charge is -2.09. The van der Waals surface area contributed by atoms with Crippen LogP contribution in [0.5, 0.6) is 0 Å². The summed E-state index contributed by atoms with van der Waals surface area (Å²) in [5, 5.41) is 2.72. The average molecular weight is 354 g/mol. The van der Waals surface area contributed by atoms with Crippen molar-refractivity contribution < 1.29 is 13.2 Å². The average Bonchev–Trinajstić information content (AvgIpc) is 3.45. The number of anilines is 1. The van der Waals surface area contributed by atoms with E-state index in [2.05, 4.69) is 16.0 Å². The Bertz CT molecular complexity index is 941. The molecule has 2 aromatic rings. The van der Waals surface area contributed by atoms with Gasteiger partial charge in [-0.3, -0.25) is 4.79 Å². The maximum absolute atomic E-state index is 12.4. The van der Waals surface area contributed by atoms with Crippen molar-refractivity contribution in [3.8, 4) is 12.3 Å². The third-order valence-corrected chi connectivity index (χ3v) is 5.37. The van der Waals surface area contributed by atoms with Gasteiger partial charge in [0.2, 0.25) is 10.0 Å². The molecule has 0 aromatic heterocycles. The molecule has 1 aliphatic rings. The van der Waals surface area contributed by atoms with Crippen molar-refractivity contribution in [1.82, 2.24) is 4.72 Å². The molecule has 0 spiro atoms. The number of benzene rings is 2. The predicted molar refractivity (Wildman–Crippen MR) is 96.7 cm³/mol. The molecule has 0 radical (unpaired) electrons. The standard InChI is InChI=1S/C19H18N2O3S/c1-2-14-5-3-7-17(11-14)21-19(22)16-6-4-8-18(12-16)25(23,24)20-13-15-9-10-15/h1,3-8,11-12,15,20H,9-10,13H2,(H,21,22). The fraction of sp³-hybridized carbons (Fsp3) is 0.211. The summed E-state index contributed by atoms with van der Waals surface area (Å²) < 4.78 is 27.2. The fourth-order valence-electron chi connectivity index (χ4n) is 2.33. The van der Waals surface area contributed by atoms with Crippen LogP contribution in [0.2, 0.25) is 0 Å². The second-order valence-corrected chi connectivity index (χ2v) is 7.77. The van der Waals surface area contributed by atoms with Crippen molar-refractivity contribution in [1.29, 1.82) is 0 Å². The van der Waals surface area contributed by atoms with Crippen LogP contribution in [0, 0.1) is 18.3 Å². The highest BCUT2D eigenvalue weighted by Gasteiger charge is 2.24. The summed E-state index contributed by atoms with van der Waals surface area (Å²) in [6.07, 6.45) is 7.46. The zero-order chi connectivity index (χ0) is 17.9. The van der Waals surface area contributed by atoms with E-state index < -0.39 is 15.9 Å². The summed E-state index contributed by atoms with van der Waals surface area (Å²) in [4.78, 5) is 12.5. The van der Waals surface area contributed by atoms with Crippen molar-refractivity contribution in [3.63, 3.8) is 0 Å². The number of amides is 1. The Morgan fingerprint density at radius 2 is 1.92 bits per heavy atom. The van der Waals surface area contributed by atoms with Gasteiger partial charge < -0.3 is 5.32 Å². The number of carbonyl (C=O) groups excluding carboxylic acids is 1. The minimum absolute atomic E-state index is 0.0816. The van der Waals surface area contributed by atoms with Gasteiger partial charge in [0.1, 0.15) is 0 Å². The Balaban J connectivity index is 1.75. The molecule has 1 saturated carbocycles. The molecule has 0 atom stereocenters. The lowest BCUT2D eigenvalue weighted by atomic mass is 10.2. The molecule has 0 bridgehead atoms. The molecule has 1 fully saturated rings. The lowest BCUT2D eigenvalue weighted by Crippen LogP contribution is -2.26. The van der Waals surface area contributed by atoms with E-state index in [0.717, 1.165) is 12.8 Å². The molecule has 0 unspecified atom stereocenters. The van der Waals surface area contributed by atoms with Crippen LogP contribution in [0.4, 0.5) is 5.69 Å². The van der Waals surface area contributed by atoms with Crippen LogP contribution in [0.25, 0.3) is 0 Å². The molecule has 3 rings (SSSR count). The fourth-order valence-corrected chi connectivity index (χ4v) is 3.49. The summed E-state index contributed by atoms with van der Waals surface area (Å²) in [5.41, 5.74) is 1.47. The van der Waals surface area contributed by atoms with E-state index in [4.69, 9.17) is 6.42 Å². The number of nitrogens with one attached hydrogen (secondary N) is 2. The molecule has 1 amide bonds. The molecule has 0 saturated heterocycles. The van der Waals surface area contributed by atoms with Gasteiger partial charge in [-0.05, 0) is 55.2 Å². The number of hydrogen-bond acceptors (Lipinski definition) is 3. The third-order valence-electron chi connectivity index (χ3n) is 3.95. The highest BCUT2D eigenvalue weighted by Crippen LogP contribution is 2.28. The number of terminal acetylenes is 1. The Hall–Kier alpha value is -2.62. The quantitative estimate of drug-likeness (QED) is 0.783. The molecular weight excluding hydrogens is 336 g/mol. The topological polar surface area (TPSA) is 75.3 Å². The minimum Gasteiger partial charge on any atom is -0.322 e. The van der Waals surface area contributed by atoms with Crippen LogP contribution in [0.15, 0.2) is 53.4 Å². The maximum atomic E-state index is 12.4. The molecule has 0 heterocycles. The van der Waals surface area contributed by atoms with Crippen molar-refractivity contribution in [2.45, 2.75) is 17.7 Å². The first-order chi connectivity index (χ1) is 12.0. The van der Waals surface area contributed by atoms with Gasteiger partial charge in [-0.25, -0.2) is 13.1 Å². The van der Waals surface area contributed by atoms with Crippen molar-refractivity contribution in [3.05, 3.63) is 59.7 Å². The predicted octanol–water partition coefficient (Wildman–Crippen LogP) is 2.61. The van der Waals surface area contributed by atoms with Crippen LogP contribution in [0.3, 0.4) is 0 Å². The first kappa shape index (κ1) is 17.2. The van der Waals surface area contributed by atoms with Crippen LogP contribution in [-0.4, -0.2) is 20.9 Å². The molecule has 5 nitrogen and oxygen atoms in total. The van der Waals surface area contributed by atoms with Gasteiger partial charge in [0.05, 0.1) is 4.90 Å².